The first-order valence-corrected chi connectivity index (χ1v) is 4.08. The molecule has 0 aliphatic carbocycles. The maximum absolute atomic E-state index is 5.28. The summed E-state index contributed by atoms with van der Waals surface area (Å²) >= 11 is 0. The maximum atomic E-state index is 5.28. The van der Waals surface area contributed by atoms with Gasteiger partial charge in [-0.3, -0.25) is 0 Å². The van der Waals surface area contributed by atoms with Crippen LogP contribution in [0.2, 0.25) is 0 Å². The molecule has 2 heteroatoms. The Morgan fingerprint density at radius 1 is 1.25 bits per heavy atom. The number of hydrogen-bond acceptors (Lipinski definition) is 2. The predicted octanol–water partition coefficient (Wildman–Crippen LogP) is 1.76. The zero-order valence-corrected chi connectivity index (χ0v) is 6.77. The molecule has 0 bridgehead atoms. The van der Waals surface area contributed by atoms with E-state index in [1.165, 1.54) is 5.56 Å². The Kier molecular flexibility index (Phi) is 2.39. The number of hydrogen-bond donors (Lipinski definition) is 0. The average Bonchev–Trinajstić information content (AvgIpc) is 2.59. The van der Waals surface area contributed by atoms with Gasteiger partial charge in [0.2, 0.25) is 0 Å². The van der Waals surface area contributed by atoms with E-state index >= 15 is 0 Å². The molecule has 0 saturated carbocycles. The minimum Gasteiger partial charge on any atom is -0.349 e. The summed E-state index contributed by atoms with van der Waals surface area (Å²) in [5.41, 5.74) is 1.25. The van der Waals surface area contributed by atoms with Gasteiger partial charge in [-0.1, -0.05) is 30.3 Å². The normalized spacial score (nSPS) is 18.3. The van der Waals surface area contributed by atoms with Crippen molar-refractivity contribution in [3.8, 4) is 0 Å². The molecular formula is C10H11O2. The molecule has 1 atom stereocenters. The van der Waals surface area contributed by atoms with Crippen LogP contribution in [0.4, 0.5) is 0 Å². The molecule has 2 nitrogen and oxygen atoms in total. The monoisotopic (exact) mass is 163 g/mol. The zero-order chi connectivity index (χ0) is 8.23. The van der Waals surface area contributed by atoms with Crippen LogP contribution in [0.1, 0.15) is 5.56 Å². The lowest BCUT2D eigenvalue weighted by atomic mass is 10.1. The van der Waals surface area contributed by atoms with Crippen molar-refractivity contribution in [1.82, 2.24) is 0 Å². The molecule has 1 unspecified atom stereocenters. The smallest absolute Gasteiger partial charge is 0.162 e. The molecule has 1 aliphatic heterocycles. The van der Waals surface area contributed by atoms with Crippen molar-refractivity contribution < 1.29 is 9.47 Å². The Balaban J connectivity index is 1.94. The van der Waals surface area contributed by atoms with Crippen LogP contribution >= 0.6 is 0 Å². The summed E-state index contributed by atoms with van der Waals surface area (Å²) in [4.78, 5) is 0. The topological polar surface area (TPSA) is 18.5 Å². The number of ether oxygens (including phenoxy) is 2. The van der Waals surface area contributed by atoms with E-state index in [4.69, 9.17) is 9.47 Å². The van der Waals surface area contributed by atoms with E-state index in [0.717, 1.165) is 6.42 Å². The van der Waals surface area contributed by atoms with Gasteiger partial charge in [0.1, 0.15) is 6.61 Å². The van der Waals surface area contributed by atoms with Gasteiger partial charge in [0.25, 0.3) is 0 Å². The lowest BCUT2D eigenvalue weighted by Crippen LogP contribution is -2.10. The van der Waals surface area contributed by atoms with Crippen LogP contribution in [-0.2, 0) is 15.9 Å². The summed E-state index contributed by atoms with van der Waals surface area (Å²) in [5, 5.41) is 0. The zero-order valence-electron chi connectivity index (χ0n) is 6.77. The van der Waals surface area contributed by atoms with Crippen molar-refractivity contribution in [2.75, 3.05) is 6.61 Å². The molecule has 1 saturated heterocycles. The average molecular weight is 163 g/mol. The van der Waals surface area contributed by atoms with Crippen molar-refractivity contribution in [3.05, 3.63) is 42.5 Å². The molecule has 1 fully saturated rings. The van der Waals surface area contributed by atoms with Crippen LogP contribution < -0.4 is 0 Å². The van der Waals surface area contributed by atoms with Crippen LogP contribution in [0.3, 0.4) is 0 Å². The van der Waals surface area contributed by atoms with Crippen LogP contribution in [0, 0.1) is 6.61 Å². The summed E-state index contributed by atoms with van der Waals surface area (Å²) in [5.74, 6) is 0. The van der Waals surface area contributed by atoms with Gasteiger partial charge in [-0.2, -0.15) is 0 Å². The van der Waals surface area contributed by atoms with Crippen molar-refractivity contribution in [1.29, 1.82) is 0 Å². The molecule has 1 heterocycles. The third-order valence-electron chi connectivity index (χ3n) is 1.84. The standard InChI is InChI=1S/C10H11O2/c1-2-4-9(5-3-1)8-10-11-6-7-12-10/h1-6,10H,7-8H2. The van der Waals surface area contributed by atoms with Crippen LogP contribution in [0.25, 0.3) is 0 Å². The van der Waals surface area contributed by atoms with E-state index in [0.29, 0.717) is 6.61 Å². The maximum Gasteiger partial charge on any atom is 0.162 e. The molecule has 1 aromatic rings. The fourth-order valence-electron chi connectivity index (χ4n) is 1.25. The Morgan fingerprint density at radius 3 is 2.75 bits per heavy atom. The lowest BCUT2D eigenvalue weighted by Gasteiger charge is -2.07. The molecule has 1 radical (unpaired) electrons. The van der Waals surface area contributed by atoms with E-state index in [2.05, 4.69) is 12.1 Å². The Hall–Kier alpha value is -0.860. The highest BCUT2D eigenvalue weighted by Gasteiger charge is 2.16. The summed E-state index contributed by atoms with van der Waals surface area (Å²) in [6.45, 7) is 2.31. The first kappa shape index (κ1) is 7.77. The van der Waals surface area contributed by atoms with E-state index in [-0.39, 0.29) is 6.29 Å². The van der Waals surface area contributed by atoms with Gasteiger partial charge in [0.15, 0.2) is 6.29 Å². The quantitative estimate of drug-likeness (QED) is 0.661. The van der Waals surface area contributed by atoms with E-state index < -0.39 is 0 Å². The van der Waals surface area contributed by atoms with Gasteiger partial charge in [0.05, 0.1) is 6.61 Å². The Morgan fingerprint density at radius 2 is 2.08 bits per heavy atom. The first-order chi connectivity index (χ1) is 5.95. The van der Waals surface area contributed by atoms with Crippen LogP contribution in [-0.4, -0.2) is 12.9 Å². The fourth-order valence-corrected chi connectivity index (χ4v) is 1.25. The highest BCUT2D eigenvalue weighted by Crippen LogP contribution is 2.12. The molecule has 0 aromatic heterocycles. The van der Waals surface area contributed by atoms with Crippen LogP contribution in [0.15, 0.2) is 30.3 Å². The third kappa shape index (κ3) is 1.84. The van der Waals surface area contributed by atoms with Gasteiger partial charge < -0.3 is 9.47 Å². The molecular weight excluding hydrogens is 152 g/mol. The second kappa shape index (κ2) is 3.70. The van der Waals surface area contributed by atoms with E-state index in [1.54, 1.807) is 6.61 Å². The van der Waals surface area contributed by atoms with E-state index in [9.17, 15) is 0 Å². The highest BCUT2D eigenvalue weighted by molar-refractivity contribution is 5.15. The minimum absolute atomic E-state index is 0.0765. The van der Waals surface area contributed by atoms with Crippen LogP contribution in [0.5, 0.6) is 0 Å². The summed E-state index contributed by atoms with van der Waals surface area (Å²) < 4.78 is 10.5. The Bertz CT molecular complexity index is 227. The SMILES string of the molecule is [CH]1COC(Cc2ccccc2)O1. The van der Waals surface area contributed by atoms with Crippen molar-refractivity contribution in [3.63, 3.8) is 0 Å². The number of benzene rings is 1. The molecule has 0 amide bonds. The van der Waals surface area contributed by atoms with Crippen molar-refractivity contribution in [2.24, 2.45) is 0 Å². The molecule has 0 spiro atoms. The van der Waals surface area contributed by atoms with Gasteiger partial charge in [-0.05, 0) is 5.56 Å². The van der Waals surface area contributed by atoms with E-state index in [1.807, 2.05) is 18.2 Å². The second-order valence-corrected chi connectivity index (χ2v) is 2.76. The highest BCUT2D eigenvalue weighted by atomic mass is 16.7. The summed E-state index contributed by atoms with van der Waals surface area (Å²) in [6, 6.07) is 10.2. The predicted molar refractivity (Wildman–Crippen MR) is 45.3 cm³/mol. The molecule has 12 heavy (non-hydrogen) atoms. The summed E-state index contributed by atoms with van der Waals surface area (Å²) in [7, 11) is 0. The van der Waals surface area contributed by atoms with Gasteiger partial charge >= 0.3 is 0 Å². The minimum atomic E-state index is -0.0765. The van der Waals surface area contributed by atoms with Crippen molar-refractivity contribution in [2.45, 2.75) is 12.7 Å². The molecule has 1 aliphatic rings. The third-order valence-corrected chi connectivity index (χ3v) is 1.84. The van der Waals surface area contributed by atoms with Gasteiger partial charge in [-0.15, -0.1) is 0 Å². The first-order valence-electron chi connectivity index (χ1n) is 4.08. The van der Waals surface area contributed by atoms with Gasteiger partial charge in [-0.25, -0.2) is 0 Å². The second-order valence-electron chi connectivity index (χ2n) is 2.76. The molecule has 0 N–H and O–H groups in total. The van der Waals surface area contributed by atoms with Crippen molar-refractivity contribution >= 4 is 0 Å². The molecule has 2 rings (SSSR count). The summed E-state index contributed by atoms with van der Waals surface area (Å²) in [6.07, 6.45) is 0.754. The Labute approximate surface area is 72.1 Å². The molecule has 1 aromatic carbocycles. The number of rotatable bonds is 2. The molecule has 63 valence electrons. The lowest BCUT2D eigenvalue weighted by molar-refractivity contribution is -0.0316. The largest absolute Gasteiger partial charge is 0.349 e. The van der Waals surface area contributed by atoms with Gasteiger partial charge in [0, 0.05) is 6.42 Å². The fraction of sp³-hybridized carbons (Fsp3) is 0.300.